The molecule has 3 aromatic rings. The van der Waals surface area contributed by atoms with E-state index in [2.05, 4.69) is 27.1 Å². The van der Waals surface area contributed by atoms with E-state index in [9.17, 15) is 9.90 Å². The number of thiazole rings is 1. The van der Waals surface area contributed by atoms with E-state index in [1.54, 1.807) is 35.9 Å². The lowest BCUT2D eigenvalue weighted by Crippen LogP contribution is -2.14. The third-order valence-corrected chi connectivity index (χ3v) is 4.84. The number of allylic oxidation sites excluding steroid dienone is 1. The molecule has 2 N–H and O–H groups in total. The summed E-state index contributed by atoms with van der Waals surface area (Å²) >= 11 is 2.62. The van der Waals surface area contributed by atoms with Gasteiger partial charge < -0.3 is 10.4 Å². The molecule has 0 aliphatic carbocycles. The Morgan fingerprint density at radius 1 is 1.40 bits per heavy atom. The molecule has 0 atom stereocenters. The predicted molar refractivity (Wildman–Crippen MR) is 98.8 cm³/mol. The Bertz CT molecular complexity index is 877. The summed E-state index contributed by atoms with van der Waals surface area (Å²) < 4.78 is 1.81. The summed E-state index contributed by atoms with van der Waals surface area (Å²) in [5, 5.41) is 24.0. The van der Waals surface area contributed by atoms with Crippen LogP contribution in [0.5, 0.6) is 5.75 Å². The molecule has 7 nitrogen and oxygen atoms in total. The molecule has 2 heterocycles. The molecule has 0 saturated carbocycles. The van der Waals surface area contributed by atoms with Gasteiger partial charge in [0.2, 0.25) is 5.91 Å². The zero-order valence-corrected chi connectivity index (χ0v) is 14.8. The van der Waals surface area contributed by atoms with Gasteiger partial charge in [0.1, 0.15) is 5.75 Å². The number of thioether (sulfide) groups is 1. The van der Waals surface area contributed by atoms with Crippen LogP contribution in [0.2, 0.25) is 0 Å². The SMILES string of the molecule is C=CCn1c(SCC(=O)Nc2nccs2)nnc1-c1ccccc1O. The van der Waals surface area contributed by atoms with Crippen molar-refractivity contribution >= 4 is 34.1 Å². The summed E-state index contributed by atoms with van der Waals surface area (Å²) in [4.78, 5) is 16.0. The van der Waals surface area contributed by atoms with Crippen LogP contribution >= 0.6 is 23.1 Å². The summed E-state index contributed by atoms with van der Waals surface area (Å²) in [7, 11) is 0. The van der Waals surface area contributed by atoms with Gasteiger partial charge in [0.25, 0.3) is 0 Å². The number of amides is 1. The van der Waals surface area contributed by atoms with Crippen molar-refractivity contribution in [2.75, 3.05) is 11.1 Å². The maximum atomic E-state index is 12.0. The van der Waals surface area contributed by atoms with Gasteiger partial charge in [-0.2, -0.15) is 0 Å². The van der Waals surface area contributed by atoms with E-state index in [-0.39, 0.29) is 17.4 Å². The van der Waals surface area contributed by atoms with Crippen LogP contribution < -0.4 is 5.32 Å². The van der Waals surface area contributed by atoms with Gasteiger partial charge >= 0.3 is 0 Å². The number of nitrogens with one attached hydrogen (secondary N) is 1. The lowest BCUT2D eigenvalue weighted by Gasteiger charge is -2.08. The van der Waals surface area contributed by atoms with E-state index in [1.807, 2.05) is 10.6 Å². The fourth-order valence-corrected chi connectivity index (χ4v) is 3.41. The van der Waals surface area contributed by atoms with Crippen LogP contribution in [0.1, 0.15) is 0 Å². The molecule has 0 fully saturated rings. The number of anilines is 1. The molecule has 9 heteroatoms. The first-order valence-corrected chi connectivity index (χ1v) is 9.20. The Kier molecular flexibility index (Phi) is 5.46. The molecule has 0 aliphatic rings. The number of aromatic hydroxyl groups is 1. The van der Waals surface area contributed by atoms with Crippen molar-refractivity contribution in [1.29, 1.82) is 0 Å². The molecule has 2 aromatic heterocycles. The Morgan fingerprint density at radius 2 is 2.24 bits per heavy atom. The molecule has 0 saturated heterocycles. The van der Waals surface area contributed by atoms with Gasteiger partial charge in [-0.25, -0.2) is 4.98 Å². The van der Waals surface area contributed by atoms with E-state index < -0.39 is 0 Å². The van der Waals surface area contributed by atoms with Crippen molar-refractivity contribution in [2.45, 2.75) is 11.7 Å². The highest BCUT2D eigenvalue weighted by atomic mass is 32.2. The van der Waals surface area contributed by atoms with Gasteiger partial charge in [0.05, 0.1) is 11.3 Å². The Labute approximate surface area is 152 Å². The number of carbonyl (C=O) groups is 1. The number of hydrogen-bond donors (Lipinski definition) is 2. The zero-order chi connectivity index (χ0) is 17.6. The fourth-order valence-electron chi connectivity index (χ4n) is 2.12. The normalized spacial score (nSPS) is 10.6. The fraction of sp³-hybridized carbons (Fsp3) is 0.125. The van der Waals surface area contributed by atoms with Crippen molar-refractivity contribution in [2.24, 2.45) is 0 Å². The van der Waals surface area contributed by atoms with Crippen molar-refractivity contribution < 1.29 is 9.90 Å². The number of rotatable bonds is 7. The number of nitrogens with zero attached hydrogens (tertiary/aromatic N) is 4. The summed E-state index contributed by atoms with van der Waals surface area (Å²) in [6, 6.07) is 6.92. The van der Waals surface area contributed by atoms with Crippen molar-refractivity contribution in [3.63, 3.8) is 0 Å². The number of benzene rings is 1. The second-order valence-corrected chi connectivity index (χ2v) is 6.73. The maximum absolute atomic E-state index is 12.0. The predicted octanol–water partition coefficient (Wildman–Crippen LogP) is 3.02. The average molecular weight is 373 g/mol. The third-order valence-electron chi connectivity index (χ3n) is 3.18. The van der Waals surface area contributed by atoms with Crippen LogP contribution in [0.15, 0.2) is 53.7 Å². The van der Waals surface area contributed by atoms with Crippen LogP contribution in [0.3, 0.4) is 0 Å². The molecule has 0 unspecified atom stereocenters. The molecule has 0 spiro atoms. The highest BCUT2D eigenvalue weighted by Gasteiger charge is 2.17. The van der Waals surface area contributed by atoms with Crippen LogP contribution in [0.25, 0.3) is 11.4 Å². The van der Waals surface area contributed by atoms with Crippen molar-refractivity contribution in [1.82, 2.24) is 19.7 Å². The molecule has 1 aromatic carbocycles. The highest BCUT2D eigenvalue weighted by Crippen LogP contribution is 2.30. The van der Waals surface area contributed by atoms with Crippen LogP contribution in [-0.2, 0) is 11.3 Å². The van der Waals surface area contributed by atoms with Crippen molar-refractivity contribution in [3.05, 3.63) is 48.5 Å². The number of phenolic OH excluding ortho intramolecular Hbond substituents is 1. The van der Waals surface area contributed by atoms with Crippen molar-refractivity contribution in [3.8, 4) is 17.1 Å². The molecular weight excluding hydrogens is 358 g/mol. The first-order valence-electron chi connectivity index (χ1n) is 7.33. The second kappa shape index (κ2) is 7.95. The van der Waals surface area contributed by atoms with E-state index in [0.717, 1.165) is 0 Å². The van der Waals surface area contributed by atoms with E-state index in [0.29, 0.717) is 28.2 Å². The van der Waals surface area contributed by atoms with Gasteiger partial charge in [-0.3, -0.25) is 9.36 Å². The molecule has 0 bridgehead atoms. The van der Waals surface area contributed by atoms with Crippen LogP contribution in [-0.4, -0.2) is 36.5 Å². The maximum Gasteiger partial charge on any atom is 0.236 e. The van der Waals surface area contributed by atoms with Gasteiger partial charge in [-0.05, 0) is 12.1 Å². The lowest BCUT2D eigenvalue weighted by molar-refractivity contribution is -0.113. The molecule has 128 valence electrons. The van der Waals surface area contributed by atoms with Gasteiger partial charge in [-0.15, -0.1) is 28.1 Å². The van der Waals surface area contributed by atoms with Crippen LogP contribution in [0, 0.1) is 0 Å². The monoisotopic (exact) mass is 373 g/mol. The largest absolute Gasteiger partial charge is 0.507 e. The number of aromatic nitrogens is 4. The first kappa shape index (κ1) is 17.2. The second-order valence-electron chi connectivity index (χ2n) is 4.90. The minimum absolute atomic E-state index is 0.123. The summed E-state index contributed by atoms with van der Waals surface area (Å²) in [6.45, 7) is 4.21. The van der Waals surface area contributed by atoms with Gasteiger partial charge in [0.15, 0.2) is 16.1 Å². The summed E-state index contributed by atoms with van der Waals surface area (Å²) in [6.07, 6.45) is 3.35. The molecule has 0 radical (unpaired) electrons. The van der Waals surface area contributed by atoms with Gasteiger partial charge in [-0.1, -0.05) is 30.0 Å². The van der Waals surface area contributed by atoms with E-state index >= 15 is 0 Å². The number of hydrogen-bond acceptors (Lipinski definition) is 7. The smallest absolute Gasteiger partial charge is 0.236 e. The van der Waals surface area contributed by atoms with Crippen LogP contribution in [0.4, 0.5) is 5.13 Å². The topological polar surface area (TPSA) is 92.9 Å². The minimum Gasteiger partial charge on any atom is -0.507 e. The van der Waals surface area contributed by atoms with E-state index in [1.165, 1.54) is 23.1 Å². The average Bonchev–Trinajstić information content (AvgIpc) is 3.24. The molecule has 3 rings (SSSR count). The Morgan fingerprint density at radius 3 is 2.96 bits per heavy atom. The minimum atomic E-state index is -0.169. The van der Waals surface area contributed by atoms with Gasteiger partial charge in [0, 0.05) is 18.1 Å². The highest BCUT2D eigenvalue weighted by molar-refractivity contribution is 7.99. The number of phenols is 1. The standard InChI is InChI=1S/C16H15N5O2S2/c1-2-8-21-14(11-5-3-4-6-12(11)22)19-20-16(21)25-10-13(23)18-15-17-7-9-24-15/h2-7,9,22H,1,8,10H2,(H,17,18,23). The first-order chi connectivity index (χ1) is 12.2. The third kappa shape index (κ3) is 4.06. The number of carbonyl (C=O) groups excluding carboxylic acids is 1. The molecular formula is C16H15N5O2S2. The Hall–Kier alpha value is -2.65. The Balaban J connectivity index is 1.76. The van der Waals surface area contributed by atoms with E-state index in [4.69, 9.17) is 0 Å². The number of para-hydroxylation sites is 1. The molecule has 25 heavy (non-hydrogen) atoms. The summed E-state index contributed by atoms with van der Waals surface area (Å²) in [5.74, 6) is 0.659. The lowest BCUT2D eigenvalue weighted by atomic mass is 10.2. The molecule has 0 aliphatic heterocycles. The zero-order valence-electron chi connectivity index (χ0n) is 13.1. The quantitative estimate of drug-likeness (QED) is 0.488. The molecule has 1 amide bonds. The summed E-state index contributed by atoms with van der Waals surface area (Å²) in [5.41, 5.74) is 0.580.